The average Bonchev–Trinajstić information content (AvgIpc) is 2.54. The number of rotatable bonds is 4. The van der Waals surface area contributed by atoms with E-state index in [4.69, 9.17) is 14.8 Å². The van der Waals surface area contributed by atoms with Crippen LogP contribution in [0.3, 0.4) is 0 Å². The molecule has 0 aromatic carbocycles. The van der Waals surface area contributed by atoms with Crippen LogP contribution in [0.1, 0.15) is 26.7 Å². The topological polar surface area (TPSA) is 95.8 Å². The SMILES string of the molecule is COC(=O)C1(C(C)C)CCN(c2ncc(B(O)O)cn2)CC1. The zero-order chi connectivity index (χ0) is 16.3. The molecule has 2 rings (SSSR count). The third-order valence-corrected chi connectivity index (χ3v) is 4.59. The highest BCUT2D eigenvalue weighted by Crippen LogP contribution is 2.40. The van der Waals surface area contributed by atoms with Gasteiger partial charge in [0.25, 0.3) is 0 Å². The van der Waals surface area contributed by atoms with Crippen molar-refractivity contribution in [1.29, 1.82) is 0 Å². The molecular formula is C14H22BN3O4. The second-order valence-electron chi connectivity index (χ2n) is 5.98. The number of nitrogens with zero attached hydrogens (tertiary/aromatic N) is 3. The predicted octanol–water partition coefficient (Wildman–Crippen LogP) is -0.428. The minimum Gasteiger partial charge on any atom is -0.469 e. The first-order valence-corrected chi connectivity index (χ1v) is 7.42. The average molecular weight is 307 g/mol. The van der Waals surface area contributed by atoms with Gasteiger partial charge in [0, 0.05) is 30.9 Å². The van der Waals surface area contributed by atoms with E-state index in [1.165, 1.54) is 19.5 Å². The van der Waals surface area contributed by atoms with E-state index in [2.05, 4.69) is 9.97 Å². The van der Waals surface area contributed by atoms with Gasteiger partial charge in [0.05, 0.1) is 12.5 Å². The van der Waals surface area contributed by atoms with Gasteiger partial charge >= 0.3 is 13.1 Å². The molecular weight excluding hydrogens is 285 g/mol. The molecule has 0 saturated carbocycles. The number of anilines is 1. The maximum atomic E-state index is 12.2. The van der Waals surface area contributed by atoms with Crippen LogP contribution >= 0.6 is 0 Å². The van der Waals surface area contributed by atoms with E-state index in [-0.39, 0.29) is 17.4 Å². The highest BCUT2D eigenvalue weighted by atomic mass is 16.5. The molecule has 7 nitrogen and oxygen atoms in total. The van der Waals surface area contributed by atoms with E-state index in [0.29, 0.717) is 31.9 Å². The maximum Gasteiger partial charge on any atom is 0.491 e. The standard InChI is InChI=1S/C14H22BN3O4/c1-10(2)14(12(19)22-3)4-6-18(7-5-14)13-16-8-11(9-17-13)15(20)21/h8-10,20-21H,4-7H2,1-3H3. The lowest BCUT2D eigenvalue weighted by Gasteiger charge is -2.42. The smallest absolute Gasteiger partial charge is 0.469 e. The van der Waals surface area contributed by atoms with Gasteiger partial charge in [0.2, 0.25) is 5.95 Å². The Labute approximate surface area is 130 Å². The third-order valence-electron chi connectivity index (χ3n) is 4.59. The fraction of sp³-hybridized carbons (Fsp3) is 0.643. The van der Waals surface area contributed by atoms with Gasteiger partial charge in [0.1, 0.15) is 0 Å². The summed E-state index contributed by atoms with van der Waals surface area (Å²) in [5.41, 5.74) is -0.196. The molecule has 2 N–H and O–H groups in total. The zero-order valence-corrected chi connectivity index (χ0v) is 13.2. The number of methoxy groups -OCH3 is 1. The Bertz CT molecular complexity index is 513. The van der Waals surface area contributed by atoms with Crippen LogP contribution in [0.25, 0.3) is 0 Å². The van der Waals surface area contributed by atoms with E-state index in [9.17, 15) is 4.79 Å². The first kappa shape index (κ1) is 16.7. The largest absolute Gasteiger partial charge is 0.491 e. The minimum atomic E-state index is -1.57. The lowest BCUT2D eigenvalue weighted by Crippen LogP contribution is -2.48. The summed E-state index contributed by atoms with van der Waals surface area (Å²) in [5.74, 6) is 0.586. The second-order valence-corrected chi connectivity index (χ2v) is 5.98. The normalized spacial score (nSPS) is 17.5. The van der Waals surface area contributed by atoms with Gasteiger partial charge in [-0.05, 0) is 18.8 Å². The highest BCUT2D eigenvalue weighted by molar-refractivity contribution is 6.58. The van der Waals surface area contributed by atoms with Gasteiger partial charge < -0.3 is 19.7 Å². The molecule has 0 amide bonds. The Balaban J connectivity index is 2.09. The molecule has 1 fully saturated rings. The molecule has 1 aliphatic heterocycles. The lowest BCUT2D eigenvalue weighted by atomic mass is 9.70. The molecule has 0 spiro atoms. The number of piperidine rings is 1. The van der Waals surface area contributed by atoms with Gasteiger partial charge in [-0.2, -0.15) is 0 Å². The van der Waals surface area contributed by atoms with Crippen molar-refractivity contribution in [2.75, 3.05) is 25.1 Å². The molecule has 8 heteroatoms. The van der Waals surface area contributed by atoms with E-state index in [1.54, 1.807) is 0 Å². The summed E-state index contributed by atoms with van der Waals surface area (Å²) in [7, 11) is -0.135. The number of aromatic nitrogens is 2. The van der Waals surface area contributed by atoms with Crippen LogP contribution in [0.2, 0.25) is 0 Å². The zero-order valence-electron chi connectivity index (χ0n) is 13.2. The molecule has 0 atom stereocenters. The second kappa shape index (κ2) is 6.62. The van der Waals surface area contributed by atoms with Crippen molar-refractivity contribution in [2.24, 2.45) is 11.3 Å². The Morgan fingerprint density at radius 1 is 1.32 bits per heavy atom. The highest BCUT2D eigenvalue weighted by Gasteiger charge is 2.45. The van der Waals surface area contributed by atoms with E-state index in [1.807, 2.05) is 18.7 Å². The van der Waals surface area contributed by atoms with Crippen molar-refractivity contribution in [3.8, 4) is 0 Å². The Kier molecular flexibility index (Phi) is 5.03. The van der Waals surface area contributed by atoms with Crippen LogP contribution in [-0.2, 0) is 9.53 Å². The molecule has 22 heavy (non-hydrogen) atoms. The lowest BCUT2D eigenvalue weighted by molar-refractivity contribution is -0.157. The van der Waals surface area contributed by atoms with Gasteiger partial charge in [-0.25, -0.2) is 9.97 Å². The minimum absolute atomic E-state index is 0.151. The maximum absolute atomic E-state index is 12.2. The van der Waals surface area contributed by atoms with E-state index >= 15 is 0 Å². The molecule has 1 aromatic rings. The van der Waals surface area contributed by atoms with Crippen molar-refractivity contribution in [3.63, 3.8) is 0 Å². The van der Waals surface area contributed by atoms with Crippen molar-refractivity contribution >= 4 is 24.5 Å². The van der Waals surface area contributed by atoms with E-state index in [0.717, 1.165) is 0 Å². The van der Waals surface area contributed by atoms with Gasteiger partial charge in [-0.1, -0.05) is 13.8 Å². The van der Waals surface area contributed by atoms with Crippen LogP contribution < -0.4 is 10.4 Å². The summed E-state index contributed by atoms with van der Waals surface area (Å²) >= 11 is 0. The summed E-state index contributed by atoms with van der Waals surface area (Å²) in [5, 5.41) is 18.1. The number of hydrogen-bond donors (Lipinski definition) is 2. The van der Waals surface area contributed by atoms with Crippen LogP contribution in [0.4, 0.5) is 5.95 Å². The molecule has 2 heterocycles. The van der Waals surface area contributed by atoms with E-state index < -0.39 is 12.5 Å². The van der Waals surface area contributed by atoms with Crippen molar-refractivity contribution < 1.29 is 19.6 Å². The Morgan fingerprint density at radius 2 is 1.86 bits per heavy atom. The summed E-state index contributed by atoms with van der Waals surface area (Å²) in [6.45, 7) is 5.41. The summed E-state index contributed by atoms with van der Waals surface area (Å²) in [4.78, 5) is 22.5. The fourth-order valence-electron chi connectivity index (χ4n) is 2.95. The van der Waals surface area contributed by atoms with Crippen molar-refractivity contribution in [1.82, 2.24) is 9.97 Å². The molecule has 1 saturated heterocycles. The number of carbonyl (C=O) groups excluding carboxylic acids is 1. The molecule has 1 aromatic heterocycles. The van der Waals surface area contributed by atoms with Crippen LogP contribution in [-0.4, -0.2) is 53.3 Å². The number of hydrogen-bond acceptors (Lipinski definition) is 7. The molecule has 0 bridgehead atoms. The molecule has 1 aliphatic rings. The number of ether oxygens (including phenoxy) is 1. The number of carbonyl (C=O) groups is 1. The number of esters is 1. The van der Waals surface area contributed by atoms with Crippen molar-refractivity contribution in [3.05, 3.63) is 12.4 Å². The summed E-state index contributed by atoms with van der Waals surface area (Å²) in [6, 6.07) is 0. The first-order chi connectivity index (χ1) is 10.4. The Morgan fingerprint density at radius 3 is 2.27 bits per heavy atom. The van der Waals surface area contributed by atoms with Gasteiger partial charge in [-0.3, -0.25) is 4.79 Å². The molecule has 0 aliphatic carbocycles. The molecule has 0 unspecified atom stereocenters. The van der Waals surface area contributed by atoms with Crippen LogP contribution in [0.5, 0.6) is 0 Å². The molecule has 0 radical (unpaired) electrons. The fourth-order valence-corrected chi connectivity index (χ4v) is 2.95. The van der Waals surface area contributed by atoms with Crippen molar-refractivity contribution in [2.45, 2.75) is 26.7 Å². The van der Waals surface area contributed by atoms with Crippen LogP contribution in [0.15, 0.2) is 12.4 Å². The third kappa shape index (κ3) is 3.07. The first-order valence-electron chi connectivity index (χ1n) is 7.42. The summed E-state index contributed by atoms with van der Waals surface area (Å²) in [6.07, 6.45) is 4.17. The van der Waals surface area contributed by atoms with Gasteiger partial charge in [-0.15, -0.1) is 0 Å². The monoisotopic (exact) mass is 307 g/mol. The van der Waals surface area contributed by atoms with Crippen LogP contribution in [0, 0.1) is 11.3 Å². The quantitative estimate of drug-likeness (QED) is 0.576. The Hall–Kier alpha value is -1.67. The summed E-state index contributed by atoms with van der Waals surface area (Å²) < 4.78 is 4.99. The van der Waals surface area contributed by atoms with Gasteiger partial charge in [0.15, 0.2) is 0 Å². The predicted molar refractivity (Wildman–Crippen MR) is 82.6 cm³/mol. The molecule has 120 valence electrons.